The molecule has 1 saturated heterocycles. The fourth-order valence-corrected chi connectivity index (χ4v) is 2.89. The Morgan fingerprint density at radius 2 is 1.92 bits per heavy atom. The molecule has 126 valence electrons. The van der Waals surface area contributed by atoms with Crippen molar-refractivity contribution >= 4 is 17.5 Å². The summed E-state index contributed by atoms with van der Waals surface area (Å²) in [7, 11) is 0. The summed E-state index contributed by atoms with van der Waals surface area (Å²) < 4.78 is 5.21. The molecule has 24 heavy (non-hydrogen) atoms. The van der Waals surface area contributed by atoms with Gasteiger partial charge in [-0.3, -0.25) is 9.59 Å². The first kappa shape index (κ1) is 16.3. The van der Waals surface area contributed by atoms with Crippen molar-refractivity contribution in [2.45, 2.75) is 19.4 Å². The quantitative estimate of drug-likeness (QED) is 0.901. The van der Waals surface area contributed by atoms with Crippen molar-refractivity contribution < 1.29 is 14.0 Å². The van der Waals surface area contributed by atoms with Gasteiger partial charge in [-0.2, -0.15) is 0 Å². The summed E-state index contributed by atoms with van der Waals surface area (Å²) in [6.07, 6.45) is 2.76. The Kier molecular flexibility index (Phi) is 4.96. The van der Waals surface area contributed by atoms with E-state index in [2.05, 4.69) is 5.32 Å². The Morgan fingerprint density at radius 1 is 1.21 bits per heavy atom. The van der Waals surface area contributed by atoms with Crippen molar-refractivity contribution in [3.63, 3.8) is 0 Å². The van der Waals surface area contributed by atoms with E-state index in [1.165, 1.54) is 6.26 Å². The lowest BCUT2D eigenvalue weighted by molar-refractivity contribution is -0.121. The van der Waals surface area contributed by atoms with E-state index >= 15 is 0 Å². The van der Waals surface area contributed by atoms with Crippen molar-refractivity contribution in [1.29, 1.82) is 0 Å². The van der Waals surface area contributed by atoms with Gasteiger partial charge in [0.05, 0.1) is 12.1 Å². The standard InChI is InChI=1S/C18H21N3O3/c19-11-16-10-14(12-24-16)18(23)21-8-6-13(7-9-21)17(22)20-15-4-2-1-3-5-15/h1-5,10,12-13H,6-9,11,19H2,(H,20,22). The molecule has 1 aliphatic heterocycles. The zero-order valence-corrected chi connectivity index (χ0v) is 13.4. The molecule has 6 heteroatoms. The smallest absolute Gasteiger partial charge is 0.257 e. The summed E-state index contributed by atoms with van der Waals surface area (Å²) in [5.41, 5.74) is 6.81. The van der Waals surface area contributed by atoms with Crippen LogP contribution in [-0.4, -0.2) is 29.8 Å². The van der Waals surface area contributed by atoms with Crippen molar-refractivity contribution in [2.24, 2.45) is 11.7 Å². The van der Waals surface area contributed by atoms with Gasteiger partial charge >= 0.3 is 0 Å². The Hall–Kier alpha value is -2.60. The first-order chi connectivity index (χ1) is 11.7. The predicted molar refractivity (Wildman–Crippen MR) is 90.3 cm³/mol. The molecule has 0 aliphatic carbocycles. The first-order valence-corrected chi connectivity index (χ1v) is 8.10. The summed E-state index contributed by atoms with van der Waals surface area (Å²) >= 11 is 0. The number of hydrogen-bond donors (Lipinski definition) is 2. The average Bonchev–Trinajstić information content (AvgIpc) is 3.11. The van der Waals surface area contributed by atoms with Crippen molar-refractivity contribution in [3.05, 3.63) is 54.0 Å². The number of benzene rings is 1. The van der Waals surface area contributed by atoms with Gasteiger partial charge in [-0.15, -0.1) is 0 Å². The highest BCUT2D eigenvalue weighted by Gasteiger charge is 2.28. The molecule has 0 atom stereocenters. The number of piperidine rings is 1. The molecule has 6 nitrogen and oxygen atoms in total. The van der Waals surface area contributed by atoms with Gasteiger partial charge in [-0.25, -0.2) is 0 Å². The maximum Gasteiger partial charge on any atom is 0.257 e. The van der Waals surface area contributed by atoms with Crippen LogP contribution in [0.1, 0.15) is 29.0 Å². The Morgan fingerprint density at radius 3 is 2.54 bits per heavy atom. The van der Waals surface area contributed by atoms with Crippen LogP contribution in [0.3, 0.4) is 0 Å². The van der Waals surface area contributed by atoms with E-state index in [1.807, 2.05) is 30.3 Å². The van der Waals surface area contributed by atoms with Crippen LogP contribution in [0.25, 0.3) is 0 Å². The normalized spacial score (nSPS) is 15.3. The molecular weight excluding hydrogens is 306 g/mol. The summed E-state index contributed by atoms with van der Waals surface area (Å²) in [6.45, 7) is 1.40. The van der Waals surface area contributed by atoms with Crippen LogP contribution < -0.4 is 11.1 Å². The van der Waals surface area contributed by atoms with Gasteiger partial charge in [0, 0.05) is 24.7 Å². The number of rotatable bonds is 4. The summed E-state index contributed by atoms with van der Waals surface area (Å²) in [5.74, 6) is 0.469. The van der Waals surface area contributed by atoms with Gasteiger partial charge in [-0.1, -0.05) is 18.2 Å². The van der Waals surface area contributed by atoms with Crippen LogP contribution in [0.2, 0.25) is 0 Å². The molecule has 2 heterocycles. The second-order valence-corrected chi connectivity index (χ2v) is 5.93. The molecule has 1 aromatic carbocycles. The molecule has 0 unspecified atom stereocenters. The lowest BCUT2D eigenvalue weighted by atomic mass is 9.95. The van der Waals surface area contributed by atoms with Crippen LogP contribution >= 0.6 is 0 Å². The van der Waals surface area contributed by atoms with E-state index in [1.54, 1.807) is 11.0 Å². The minimum absolute atomic E-state index is 0.0158. The first-order valence-electron chi connectivity index (χ1n) is 8.10. The van der Waals surface area contributed by atoms with Crippen LogP contribution in [0.4, 0.5) is 5.69 Å². The number of anilines is 1. The Balaban J connectivity index is 1.53. The lowest BCUT2D eigenvalue weighted by Crippen LogP contribution is -2.41. The number of nitrogens with one attached hydrogen (secondary N) is 1. The molecular formula is C18H21N3O3. The third-order valence-electron chi connectivity index (χ3n) is 4.30. The SMILES string of the molecule is NCc1cc(C(=O)N2CCC(C(=O)Nc3ccccc3)CC2)co1. The number of hydrogen-bond acceptors (Lipinski definition) is 4. The second-order valence-electron chi connectivity index (χ2n) is 5.93. The number of para-hydroxylation sites is 1. The summed E-state index contributed by atoms with van der Waals surface area (Å²) in [6, 6.07) is 11.1. The van der Waals surface area contributed by atoms with E-state index < -0.39 is 0 Å². The lowest BCUT2D eigenvalue weighted by Gasteiger charge is -2.31. The molecule has 1 aromatic heterocycles. The molecule has 0 radical (unpaired) electrons. The van der Waals surface area contributed by atoms with Gasteiger partial charge < -0.3 is 20.4 Å². The third kappa shape index (κ3) is 3.65. The number of furan rings is 1. The molecule has 2 aromatic rings. The summed E-state index contributed by atoms with van der Waals surface area (Å²) in [4.78, 5) is 26.5. The van der Waals surface area contributed by atoms with Crippen molar-refractivity contribution in [1.82, 2.24) is 4.90 Å². The monoisotopic (exact) mass is 327 g/mol. The number of nitrogens with zero attached hydrogens (tertiary/aromatic N) is 1. The molecule has 1 fully saturated rings. The number of likely N-dealkylation sites (tertiary alicyclic amines) is 1. The molecule has 1 aliphatic rings. The van der Waals surface area contributed by atoms with Crippen LogP contribution in [0, 0.1) is 5.92 Å². The highest BCUT2D eigenvalue weighted by atomic mass is 16.3. The Bertz CT molecular complexity index is 703. The van der Waals surface area contributed by atoms with Crippen LogP contribution in [-0.2, 0) is 11.3 Å². The zero-order chi connectivity index (χ0) is 16.9. The van der Waals surface area contributed by atoms with Gasteiger partial charge in [-0.05, 0) is 31.0 Å². The van der Waals surface area contributed by atoms with Crippen molar-refractivity contribution in [3.8, 4) is 0 Å². The van der Waals surface area contributed by atoms with Crippen LogP contribution in [0.15, 0.2) is 47.1 Å². The molecule has 2 amide bonds. The van der Waals surface area contributed by atoms with E-state index in [4.69, 9.17) is 10.2 Å². The highest BCUT2D eigenvalue weighted by Crippen LogP contribution is 2.21. The van der Waals surface area contributed by atoms with E-state index in [0.29, 0.717) is 37.3 Å². The Labute approximate surface area is 140 Å². The number of nitrogens with two attached hydrogens (primary N) is 1. The number of amides is 2. The highest BCUT2D eigenvalue weighted by molar-refractivity contribution is 5.95. The molecule has 0 bridgehead atoms. The number of carbonyl (C=O) groups is 2. The van der Waals surface area contributed by atoms with Gasteiger partial charge in [0.1, 0.15) is 12.0 Å². The maximum atomic E-state index is 12.4. The van der Waals surface area contributed by atoms with E-state index in [9.17, 15) is 9.59 Å². The fourth-order valence-electron chi connectivity index (χ4n) is 2.89. The molecule has 0 spiro atoms. The van der Waals surface area contributed by atoms with E-state index in [-0.39, 0.29) is 24.3 Å². The predicted octanol–water partition coefficient (Wildman–Crippen LogP) is 2.23. The largest absolute Gasteiger partial charge is 0.467 e. The van der Waals surface area contributed by atoms with Gasteiger partial charge in [0.2, 0.25) is 5.91 Å². The molecule has 3 rings (SSSR count). The molecule has 0 saturated carbocycles. The third-order valence-corrected chi connectivity index (χ3v) is 4.30. The average molecular weight is 327 g/mol. The topological polar surface area (TPSA) is 88.6 Å². The van der Waals surface area contributed by atoms with Crippen LogP contribution in [0.5, 0.6) is 0 Å². The fraction of sp³-hybridized carbons (Fsp3) is 0.333. The number of carbonyl (C=O) groups excluding carboxylic acids is 2. The second kappa shape index (κ2) is 7.31. The maximum absolute atomic E-state index is 12.4. The van der Waals surface area contributed by atoms with E-state index in [0.717, 1.165) is 5.69 Å². The zero-order valence-electron chi connectivity index (χ0n) is 13.4. The minimum Gasteiger partial charge on any atom is -0.467 e. The minimum atomic E-state index is -0.0711. The van der Waals surface area contributed by atoms with Crippen molar-refractivity contribution in [2.75, 3.05) is 18.4 Å². The summed E-state index contributed by atoms with van der Waals surface area (Å²) in [5, 5.41) is 2.93. The van der Waals surface area contributed by atoms with Gasteiger partial charge in [0.15, 0.2) is 0 Å². The van der Waals surface area contributed by atoms with Gasteiger partial charge in [0.25, 0.3) is 5.91 Å². The molecule has 3 N–H and O–H groups in total.